The number of urea groups is 1. The van der Waals surface area contributed by atoms with Crippen LogP contribution in [0.4, 0.5) is 4.79 Å². The molecule has 0 aliphatic carbocycles. The summed E-state index contributed by atoms with van der Waals surface area (Å²) in [6.07, 6.45) is 2.99. The fourth-order valence-corrected chi connectivity index (χ4v) is 3.06. The van der Waals surface area contributed by atoms with Crippen LogP contribution >= 0.6 is 11.6 Å². The molecule has 23 heavy (non-hydrogen) atoms. The monoisotopic (exact) mass is 337 g/mol. The molecule has 0 aromatic heterocycles. The standard InChI is InChI=1S/C18H28ClN3O/c1-3-17(4-2)20-18(23)22-11-5-10-21(12-13-22)14-15-6-8-16(19)9-7-15/h6-9,17H,3-5,10-14H2,1-2H3,(H,20,23). The zero-order valence-electron chi connectivity index (χ0n) is 14.2. The predicted molar refractivity (Wildman–Crippen MR) is 95.8 cm³/mol. The van der Waals surface area contributed by atoms with E-state index in [1.807, 2.05) is 17.0 Å². The molecule has 128 valence electrons. The molecule has 2 amide bonds. The smallest absolute Gasteiger partial charge is 0.317 e. The minimum Gasteiger partial charge on any atom is -0.335 e. The molecule has 1 heterocycles. The van der Waals surface area contributed by atoms with E-state index in [2.05, 4.69) is 36.2 Å². The van der Waals surface area contributed by atoms with Gasteiger partial charge in [0.15, 0.2) is 0 Å². The Morgan fingerprint density at radius 3 is 2.48 bits per heavy atom. The largest absolute Gasteiger partial charge is 0.335 e. The molecule has 4 nitrogen and oxygen atoms in total. The summed E-state index contributed by atoms with van der Waals surface area (Å²) in [5.41, 5.74) is 1.27. The van der Waals surface area contributed by atoms with Crippen molar-refractivity contribution < 1.29 is 4.79 Å². The van der Waals surface area contributed by atoms with Gasteiger partial charge in [-0.15, -0.1) is 0 Å². The maximum absolute atomic E-state index is 12.4. The van der Waals surface area contributed by atoms with E-state index in [0.717, 1.165) is 57.0 Å². The van der Waals surface area contributed by atoms with Gasteiger partial charge in [0, 0.05) is 43.8 Å². The van der Waals surface area contributed by atoms with Crippen LogP contribution in [-0.2, 0) is 6.54 Å². The van der Waals surface area contributed by atoms with Crippen LogP contribution in [0.5, 0.6) is 0 Å². The maximum Gasteiger partial charge on any atom is 0.317 e. The average Bonchev–Trinajstić information content (AvgIpc) is 2.80. The molecule has 0 spiro atoms. The van der Waals surface area contributed by atoms with E-state index >= 15 is 0 Å². The van der Waals surface area contributed by atoms with Gasteiger partial charge in [-0.1, -0.05) is 37.6 Å². The van der Waals surface area contributed by atoms with Crippen LogP contribution < -0.4 is 5.32 Å². The SMILES string of the molecule is CCC(CC)NC(=O)N1CCCN(Cc2ccc(Cl)cc2)CC1. The summed E-state index contributed by atoms with van der Waals surface area (Å²) in [6.45, 7) is 8.72. The molecule has 5 heteroatoms. The van der Waals surface area contributed by atoms with Crippen molar-refractivity contribution in [2.45, 2.75) is 45.7 Å². The lowest BCUT2D eigenvalue weighted by Crippen LogP contribution is -2.45. The highest BCUT2D eigenvalue weighted by atomic mass is 35.5. The van der Waals surface area contributed by atoms with Crippen LogP contribution in [0, 0.1) is 0 Å². The highest BCUT2D eigenvalue weighted by Crippen LogP contribution is 2.13. The van der Waals surface area contributed by atoms with Crippen molar-refractivity contribution in [2.24, 2.45) is 0 Å². The van der Waals surface area contributed by atoms with E-state index in [1.54, 1.807) is 0 Å². The second-order valence-corrected chi connectivity index (χ2v) is 6.64. The van der Waals surface area contributed by atoms with Gasteiger partial charge in [-0.2, -0.15) is 0 Å². The third kappa shape index (κ3) is 5.70. The van der Waals surface area contributed by atoms with E-state index in [4.69, 9.17) is 11.6 Å². The van der Waals surface area contributed by atoms with Gasteiger partial charge in [0.1, 0.15) is 0 Å². The van der Waals surface area contributed by atoms with Gasteiger partial charge in [0.05, 0.1) is 0 Å². The van der Waals surface area contributed by atoms with Crippen molar-refractivity contribution in [1.82, 2.24) is 15.1 Å². The molecule has 1 aliphatic heterocycles. The van der Waals surface area contributed by atoms with Gasteiger partial charge in [-0.25, -0.2) is 4.79 Å². The number of nitrogens with one attached hydrogen (secondary N) is 1. The Bertz CT molecular complexity index is 488. The topological polar surface area (TPSA) is 35.6 Å². The van der Waals surface area contributed by atoms with Crippen LogP contribution in [0.1, 0.15) is 38.7 Å². The van der Waals surface area contributed by atoms with Gasteiger partial charge in [0.25, 0.3) is 0 Å². The van der Waals surface area contributed by atoms with Crippen LogP contribution in [-0.4, -0.2) is 48.1 Å². The normalized spacial score (nSPS) is 16.4. The first-order valence-corrected chi connectivity index (χ1v) is 9.02. The van der Waals surface area contributed by atoms with E-state index in [0.29, 0.717) is 0 Å². The van der Waals surface area contributed by atoms with Crippen LogP contribution in [0.3, 0.4) is 0 Å². The minimum atomic E-state index is 0.0899. The molecular weight excluding hydrogens is 310 g/mol. The predicted octanol–water partition coefficient (Wildman–Crippen LogP) is 3.75. The zero-order chi connectivity index (χ0) is 16.7. The van der Waals surface area contributed by atoms with E-state index in [-0.39, 0.29) is 12.1 Å². The van der Waals surface area contributed by atoms with E-state index < -0.39 is 0 Å². The second kappa shape index (κ2) is 9.14. The molecule has 0 bridgehead atoms. The van der Waals surface area contributed by atoms with Crippen molar-refractivity contribution in [1.29, 1.82) is 0 Å². The molecule has 1 aromatic carbocycles. The van der Waals surface area contributed by atoms with Crippen molar-refractivity contribution in [3.63, 3.8) is 0 Å². The lowest BCUT2D eigenvalue weighted by molar-refractivity contribution is 0.193. The molecular formula is C18H28ClN3O. The Morgan fingerprint density at radius 1 is 1.13 bits per heavy atom. The molecule has 2 rings (SSSR count). The number of halogens is 1. The molecule has 0 unspecified atom stereocenters. The van der Waals surface area contributed by atoms with Crippen LogP contribution in [0.2, 0.25) is 5.02 Å². The number of benzene rings is 1. The third-order valence-electron chi connectivity index (χ3n) is 4.51. The van der Waals surface area contributed by atoms with Gasteiger partial charge in [0.2, 0.25) is 0 Å². The first kappa shape index (κ1) is 18.1. The maximum atomic E-state index is 12.4. The van der Waals surface area contributed by atoms with Crippen LogP contribution in [0.25, 0.3) is 0 Å². The number of nitrogens with zero attached hydrogens (tertiary/aromatic N) is 2. The van der Waals surface area contributed by atoms with Crippen molar-refractivity contribution in [2.75, 3.05) is 26.2 Å². The molecule has 1 aromatic rings. The number of hydrogen-bond acceptors (Lipinski definition) is 2. The first-order chi connectivity index (χ1) is 11.1. The van der Waals surface area contributed by atoms with Crippen LogP contribution in [0.15, 0.2) is 24.3 Å². The number of carbonyl (C=O) groups is 1. The Labute approximate surface area is 144 Å². The summed E-state index contributed by atoms with van der Waals surface area (Å²) in [4.78, 5) is 16.7. The quantitative estimate of drug-likeness (QED) is 0.888. The fraction of sp³-hybridized carbons (Fsp3) is 0.611. The first-order valence-electron chi connectivity index (χ1n) is 8.64. The lowest BCUT2D eigenvalue weighted by Gasteiger charge is -2.25. The average molecular weight is 338 g/mol. The Balaban J connectivity index is 1.84. The summed E-state index contributed by atoms with van der Waals surface area (Å²) < 4.78 is 0. The number of rotatable bonds is 5. The van der Waals surface area contributed by atoms with Crippen molar-refractivity contribution in [3.05, 3.63) is 34.9 Å². The third-order valence-corrected chi connectivity index (χ3v) is 4.76. The number of carbonyl (C=O) groups excluding carboxylic acids is 1. The molecule has 1 aliphatic rings. The summed E-state index contributed by atoms with van der Waals surface area (Å²) in [6, 6.07) is 8.40. The Kier molecular flexibility index (Phi) is 7.18. The van der Waals surface area contributed by atoms with E-state index in [9.17, 15) is 4.79 Å². The molecule has 0 saturated carbocycles. The zero-order valence-corrected chi connectivity index (χ0v) is 15.0. The van der Waals surface area contributed by atoms with Crippen molar-refractivity contribution in [3.8, 4) is 0 Å². The fourth-order valence-electron chi connectivity index (χ4n) is 2.94. The Hall–Kier alpha value is -1.26. The summed E-state index contributed by atoms with van der Waals surface area (Å²) in [5, 5.41) is 3.91. The van der Waals surface area contributed by atoms with Gasteiger partial charge in [-0.05, 0) is 37.0 Å². The van der Waals surface area contributed by atoms with Crippen molar-refractivity contribution >= 4 is 17.6 Å². The second-order valence-electron chi connectivity index (χ2n) is 6.21. The highest BCUT2D eigenvalue weighted by molar-refractivity contribution is 6.30. The molecule has 0 atom stereocenters. The summed E-state index contributed by atoms with van der Waals surface area (Å²) in [5.74, 6) is 0. The Morgan fingerprint density at radius 2 is 1.83 bits per heavy atom. The molecule has 1 fully saturated rings. The lowest BCUT2D eigenvalue weighted by atomic mass is 10.2. The highest BCUT2D eigenvalue weighted by Gasteiger charge is 2.20. The number of amides is 2. The van der Waals surface area contributed by atoms with Gasteiger partial charge >= 0.3 is 6.03 Å². The van der Waals surface area contributed by atoms with Gasteiger partial charge < -0.3 is 10.2 Å². The molecule has 1 saturated heterocycles. The number of hydrogen-bond donors (Lipinski definition) is 1. The summed E-state index contributed by atoms with van der Waals surface area (Å²) in [7, 11) is 0. The van der Waals surface area contributed by atoms with E-state index in [1.165, 1.54) is 5.56 Å². The molecule has 1 N–H and O–H groups in total. The summed E-state index contributed by atoms with van der Waals surface area (Å²) >= 11 is 5.94. The molecule has 0 radical (unpaired) electrons. The van der Waals surface area contributed by atoms with Gasteiger partial charge in [-0.3, -0.25) is 4.90 Å². The minimum absolute atomic E-state index is 0.0899.